The monoisotopic (exact) mass is 236 g/mol. The zero-order chi connectivity index (χ0) is 11.4. The molecule has 5 heteroatoms. The third kappa shape index (κ3) is 2.48. The minimum Gasteiger partial charge on any atom is -0.306 e. The molecule has 0 radical (unpaired) electrons. The van der Waals surface area contributed by atoms with Gasteiger partial charge in [-0.05, 0) is 19.9 Å². The van der Waals surface area contributed by atoms with Gasteiger partial charge in [0.05, 0.1) is 16.9 Å². The molecule has 0 saturated carbocycles. The number of rotatable bonds is 5. The van der Waals surface area contributed by atoms with Crippen molar-refractivity contribution < 1.29 is 0 Å². The highest BCUT2D eigenvalue weighted by Gasteiger charge is 2.02. The maximum Gasteiger partial charge on any atom is 0.0798 e. The summed E-state index contributed by atoms with van der Waals surface area (Å²) in [6, 6.07) is 2.05. The maximum atomic E-state index is 4.23. The van der Waals surface area contributed by atoms with E-state index in [1.807, 2.05) is 23.3 Å². The molecule has 0 spiro atoms. The van der Waals surface area contributed by atoms with Gasteiger partial charge in [0, 0.05) is 30.7 Å². The van der Waals surface area contributed by atoms with Crippen LogP contribution in [0.3, 0.4) is 0 Å². The second-order valence-electron chi connectivity index (χ2n) is 3.60. The average molecular weight is 236 g/mol. The lowest BCUT2D eigenvalue weighted by molar-refractivity contribution is 0.582. The summed E-state index contributed by atoms with van der Waals surface area (Å²) in [6.07, 6.45) is 1.85. The smallest absolute Gasteiger partial charge is 0.0798 e. The van der Waals surface area contributed by atoms with Gasteiger partial charge in [-0.25, -0.2) is 4.98 Å². The van der Waals surface area contributed by atoms with Crippen LogP contribution in [0.2, 0.25) is 0 Å². The van der Waals surface area contributed by atoms with Crippen LogP contribution >= 0.6 is 11.3 Å². The Bertz CT molecular complexity index is 446. The Balaban J connectivity index is 1.87. The van der Waals surface area contributed by atoms with E-state index in [1.165, 1.54) is 10.6 Å². The van der Waals surface area contributed by atoms with Gasteiger partial charge in [0.15, 0.2) is 0 Å². The SMILES string of the molecule is CCn1nccc1CNCc1scnc1C. The molecule has 0 bridgehead atoms. The number of aryl methyl sites for hydroxylation is 2. The molecule has 16 heavy (non-hydrogen) atoms. The van der Waals surface area contributed by atoms with Crippen LogP contribution in [-0.2, 0) is 19.6 Å². The molecule has 1 N–H and O–H groups in total. The van der Waals surface area contributed by atoms with Gasteiger partial charge >= 0.3 is 0 Å². The molecule has 0 aliphatic carbocycles. The fourth-order valence-corrected chi connectivity index (χ4v) is 2.34. The predicted molar refractivity (Wildman–Crippen MR) is 65.3 cm³/mol. The lowest BCUT2D eigenvalue weighted by atomic mass is 10.3. The zero-order valence-corrected chi connectivity index (χ0v) is 10.4. The van der Waals surface area contributed by atoms with E-state index >= 15 is 0 Å². The van der Waals surface area contributed by atoms with Crippen LogP contribution in [-0.4, -0.2) is 14.8 Å². The van der Waals surface area contributed by atoms with E-state index < -0.39 is 0 Å². The van der Waals surface area contributed by atoms with Crippen LogP contribution in [0.4, 0.5) is 0 Å². The Kier molecular flexibility index (Phi) is 3.69. The fourth-order valence-electron chi connectivity index (χ4n) is 1.59. The average Bonchev–Trinajstić information content (AvgIpc) is 2.88. The number of thiazole rings is 1. The highest BCUT2D eigenvalue weighted by molar-refractivity contribution is 7.09. The number of hydrogen-bond acceptors (Lipinski definition) is 4. The summed E-state index contributed by atoms with van der Waals surface area (Å²) in [5.41, 5.74) is 4.24. The van der Waals surface area contributed by atoms with Crippen molar-refractivity contribution in [1.29, 1.82) is 0 Å². The van der Waals surface area contributed by atoms with Crippen molar-refractivity contribution in [3.63, 3.8) is 0 Å². The van der Waals surface area contributed by atoms with Gasteiger partial charge in [-0.1, -0.05) is 0 Å². The van der Waals surface area contributed by atoms with E-state index in [1.54, 1.807) is 11.3 Å². The van der Waals surface area contributed by atoms with Crippen molar-refractivity contribution in [2.24, 2.45) is 0 Å². The first-order valence-corrected chi connectivity index (χ1v) is 6.29. The lowest BCUT2D eigenvalue weighted by Crippen LogP contribution is -2.16. The molecular weight excluding hydrogens is 220 g/mol. The number of aromatic nitrogens is 3. The first-order valence-electron chi connectivity index (χ1n) is 5.41. The van der Waals surface area contributed by atoms with Gasteiger partial charge in [0.2, 0.25) is 0 Å². The summed E-state index contributed by atoms with van der Waals surface area (Å²) in [5, 5.41) is 7.65. The molecule has 0 amide bonds. The largest absolute Gasteiger partial charge is 0.306 e. The van der Waals surface area contributed by atoms with Crippen LogP contribution in [0.15, 0.2) is 17.8 Å². The summed E-state index contributed by atoms with van der Waals surface area (Å²) >= 11 is 1.70. The second-order valence-corrected chi connectivity index (χ2v) is 4.54. The molecule has 2 rings (SSSR count). The predicted octanol–water partition coefficient (Wildman–Crippen LogP) is 1.96. The topological polar surface area (TPSA) is 42.7 Å². The Morgan fingerprint density at radius 1 is 1.44 bits per heavy atom. The summed E-state index contributed by atoms with van der Waals surface area (Å²) in [6.45, 7) is 6.80. The third-order valence-electron chi connectivity index (χ3n) is 2.54. The Morgan fingerprint density at radius 3 is 3.00 bits per heavy atom. The van der Waals surface area contributed by atoms with Gasteiger partial charge in [0.1, 0.15) is 0 Å². The minimum atomic E-state index is 0.852. The molecule has 2 aromatic rings. The summed E-state index contributed by atoms with van der Waals surface area (Å²) in [7, 11) is 0. The molecule has 0 saturated heterocycles. The number of hydrogen-bond donors (Lipinski definition) is 1. The Hall–Kier alpha value is -1.20. The Labute approximate surface area is 99.3 Å². The van der Waals surface area contributed by atoms with Crippen molar-refractivity contribution in [2.45, 2.75) is 33.5 Å². The molecule has 0 fully saturated rings. The number of nitrogens with zero attached hydrogens (tertiary/aromatic N) is 3. The van der Waals surface area contributed by atoms with Crippen molar-refractivity contribution >= 4 is 11.3 Å². The summed E-state index contributed by atoms with van der Waals surface area (Å²) in [4.78, 5) is 5.53. The van der Waals surface area contributed by atoms with Gasteiger partial charge in [-0.3, -0.25) is 4.68 Å². The quantitative estimate of drug-likeness (QED) is 0.863. The Morgan fingerprint density at radius 2 is 2.31 bits per heavy atom. The first kappa shape index (κ1) is 11.3. The second kappa shape index (κ2) is 5.23. The molecule has 0 atom stereocenters. The number of nitrogens with one attached hydrogen (secondary N) is 1. The molecule has 0 aliphatic heterocycles. The highest BCUT2D eigenvalue weighted by atomic mass is 32.1. The third-order valence-corrected chi connectivity index (χ3v) is 3.48. The van der Waals surface area contributed by atoms with Gasteiger partial charge in [-0.15, -0.1) is 11.3 Å². The molecule has 0 aliphatic rings. The summed E-state index contributed by atoms with van der Waals surface area (Å²) in [5.74, 6) is 0. The molecule has 2 heterocycles. The fraction of sp³-hybridized carbons (Fsp3) is 0.455. The van der Waals surface area contributed by atoms with Crippen molar-refractivity contribution in [3.05, 3.63) is 34.0 Å². The molecule has 0 aromatic carbocycles. The lowest BCUT2D eigenvalue weighted by Gasteiger charge is -2.06. The molecule has 4 nitrogen and oxygen atoms in total. The van der Waals surface area contributed by atoms with Crippen molar-refractivity contribution in [3.8, 4) is 0 Å². The van der Waals surface area contributed by atoms with Gasteiger partial charge in [-0.2, -0.15) is 5.10 Å². The minimum absolute atomic E-state index is 0.852. The van der Waals surface area contributed by atoms with Gasteiger partial charge < -0.3 is 5.32 Å². The maximum absolute atomic E-state index is 4.23. The molecule has 86 valence electrons. The van der Waals surface area contributed by atoms with E-state index in [4.69, 9.17) is 0 Å². The van der Waals surface area contributed by atoms with E-state index in [2.05, 4.69) is 28.4 Å². The van der Waals surface area contributed by atoms with E-state index in [-0.39, 0.29) is 0 Å². The standard InChI is InChI=1S/C11H16N4S/c1-3-15-10(4-5-14-15)6-12-7-11-9(2)13-8-16-11/h4-5,8,12H,3,6-7H2,1-2H3. The van der Waals surface area contributed by atoms with Crippen LogP contribution in [0.25, 0.3) is 0 Å². The molecule has 0 unspecified atom stereocenters. The van der Waals surface area contributed by atoms with Crippen LogP contribution in [0.1, 0.15) is 23.2 Å². The van der Waals surface area contributed by atoms with E-state index in [0.29, 0.717) is 0 Å². The first-order chi connectivity index (χ1) is 7.81. The van der Waals surface area contributed by atoms with E-state index in [9.17, 15) is 0 Å². The van der Waals surface area contributed by atoms with Crippen molar-refractivity contribution in [1.82, 2.24) is 20.1 Å². The normalized spacial score (nSPS) is 10.9. The molecule has 2 aromatic heterocycles. The van der Waals surface area contributed by atoms with Crippen LogP contribution < -0.4 is 5.32 Å². The zero-order valence-electron chi connectivity index (χ0n) is 9.60. The van der Waals surface area contributed by atoms with E-state index in [0.717, 1.165) is 25.3 Å². The van der Waals surface area contributed by atoms with Crippen molar-refractivity contribution in [2.75, 3.05) is 0 Å². The van der Waals surface area contributed by atoms with Crippen LogP contribution in [0, 0.1) is 6.92 Å². The van der Waals surface area contributed by atoms with Gasteiger partial charge in [0.25, 0.3) is 0 Å². The highest BCUT2D eigenvalue weighted by Crippen LogP contribution is 2.11. The molecular formula is C11H16N4S. The summed E-state index contributed by atoms with van der Waals surface area (Å²) < 4.78 is 2.01. The van der Waals surface area contributed by atoms with Crippen LogP contribution in [0.5, 0.6) is 0 Å².